The maximum atomic E-state index is 6.26. The Labute approximate surface area is 142 Å². The van der Waals surface area contributed by atoms with E-state index >= 15 is 0 Å². The van der Waals surface area contributed by atoms with Gasteiger partial charge in [0.05, 0.1) is 7.11 Å². The zero-order valence-electron chi connectivity index (χ0n) is 14.2. The summed E-state index contributed by atoms with van der Waals surface area (Å²) in [6.45, 7) is 5.43. The van der Waals surface area contributed by atoms with Gasteiger partial charge < -0.3 is 9.47 Å². The largest absolute Gasteiger partial charge is 0.497 e. The van der Waals surface area contributed by atoms with E-state index < -0.39 is 0 Å². The van der Waals surface area contributed by atoms with Crippen LogP contribution in [0.25, 0.3) is 11.4 Å². The van der Waals surface area contributed by atoms with E-state index in [2.05, 4.69) is 14.9 Å². The average molecular weight is 325 g/mol. The predicted molar refractivity (Wildman–Crippen MR) is 92.3 cm³/mol. The Hall–Kier alpha value is -2.14. The van der Waals surface area contributed by atoms with E-state index in [1.54, 1.807) is 7.11 Å². The molecule has 3 saturated heterocycles. The number of fused-ring (bicyclic) bond motifs is 3. The first-order valence-electron chi connectivity index (χ1n) is 8.60. The van der Waals surface area contributed by atoms with Gasteiger partial charge in [0, 0.05) is 23.9 Å². The van der Waals surface area contributed by atoms with Crippen molar-refractivity contribution < 1.29 is 9.47 Å². The fourth-order valence-electron chi connectivity index (χ4n) is 3.67. The number of methoxy groups -OCH3 is 1. The van der Waals surface area contributed by atoms with Gasteiger partial charge in [-0.05, 0) is 63.0 Å². The third-order valence-corrected chi connectivity index (χ3v) is 5.05. The van der Waals surface area contributed by atoms with Crippen molar-refractivity contribution in [2.45, 2.75) is 25.9 Å². The fourth-order valence-corrected chi connectivity index (χ4v) is 3.67. The topological polar surface area (TPSA) is 47.5 Å². The summed E-state index contributed by atoms with van der Waals surface area (Å²) in [6, 6.07) is 9.74. The van der Waals surface area contributed by atoms with Gasteiger partial charge in [-0.3, -0.25) is 4.90 Å². The molecule has 1 unspecified atom stereocenters. The fraction of sp³-hybridized carbons (Fsp3) is 0.474. The summed E-state index contributed by atoms with van der Waals surface area (Å²) in [4.78, 5) is 11.7. The highest BCUT2D eigenvalue weighted by molar-refractivity contribution is 5.57. The Morgan fingerprint density at radius 1 is 1.08 bits per heavy atom. The third-order valence-electron chi connectivity index (χ3n) is 5.05. The molecule has 126 valence electrons. The van der Waals surface area contributed by atoms with Crippen molar-refractivity contribution in [2.24, 2.45) is 5.92 Å². The highest BCUT2D eigenvalue weighted by Crippen LogP contribution is 2.31. The molecule has 3 aliphatic heterocycles. The molecule has 4 heterocycles. The van der Waals surface area contributed by atoms with Crippen LogP contribution in [0.2, 0.25) is 0 Å². The van der Waals surface area contributed by atoms with Crippen molar-refractivity contribution in [1.29, 1.82) is 0 Å². The van der Waals surface area contributed by atoms with Crippen molar-refractivity contribution in [3.8, 4) is 23.0 Å². The lowest BCUT2D eigenvalue weighted by molar-refractivity contribution is -0.00996. The quantitative estimate of drug-likeness (QED) is 0.865. The number of aromatic nitrogens is 2. The van der Waals surface area contributed by atoms with Crippen LogP contribution >= 0.6 is 0 Å². The number of rotatable bonds is 4. The first kappa shape index (κ1) is 15.4. The van der Waals surface area contributed by atoms with E-state index in [1.165, 1.54) is 25.9 Å². The van der Waals surface area contributed by atoms with Crippen LogP contribution in [-0.4, -0.2) is 47.7 Å². The van der Waals surface area contributed by atoms with Gasteiger partial charge in [0.25, 0.3) is 0 Å². The molecule has 0 spiro atoms. The maximum Gasteiger partial charge on any atom is 0.217 e. The molecule has 5 nitrogen and oxygen atoms in total. The Morgan fingerprint density at radius 2 is 1.83 bits per heavy atom. The van der Waals surface area contributed by atoms with Crippen LogP contribution in [0, 0.1) is 12.8 Å². The summed E-state index contributed by atoms with van der Waals surface area (Å²) in [5, 5.41) is 0. The highest BCUT2D eigenvalue weighted by atomic mass is 16.5. The summed E-state index contributed by atoms with van der Waals surface area (Å²) in [5.41, 5.74) is 1.89. The van der Waals surface area contributed by atoms with Gasteiger partial charge in [-0.25, -0.2) is 4.98 Å². The smallest absolute Gasteiger partial charge is 0.217 e. The van der Waals surface area contributed by atoms with Crippen LogP contribution in [0.15, 0.2) is 30.3 Å². The normalized spacial score (nSPS) is 25.5. The third kappa shape index (κ3) is 3.08. The second-order valence-electron chi connectivity index (χ2n) is 6.69. The molecule has 1 atom stereocenters. The van der Waals surface area contributed by atoms with E-state index in [-0.39, 0.29) is 6.10 Å². The molecule has 0 amide bonds. The second-order valence-corrected chi connectivity index (χ2v) is 6.69. The first-order valence-corrected chi connectivity index (χ1v) is 8.60. The van der Waals surface area contributed by atoms with Crippen LogP contribution in [-0.2, 0) is 0 Å². The van der Waals surface area contributed by atoms with Crippen molar-refractivity contribution in [1.82, 2.24) is 14.9 Å². The standard InChI is InChI=1S/C19H23N3O2/c1-13-11-18(24-17-12-22-9-7-14(17)8-10-22)21-19(20-13)15-3-5-16(23-2)6-4-15/h3-6,11,14,17H,7-10,12H2,1-2H3. The Bertz CT molecular complexity index is 709. The number of benzene rings is 1. The van der Waals surface area contributed by atoms with E-state index in [1.807, 2.05) is 37.3 Å². The van der Waals surface area contributed by atoms with E-state index in [4.69, 9.17) is 9.47 Å². The zero-order valence-corrected chi connectivity index (χ0v) is 14.2. The van der Waals surface area contributed by atoms with Crippen LogP contribution in [0.3, 0.4) is 0 Å². The zero-order chi connectivity index (χ0) is 16.5. The molecule has 1 aromatic carbocycles. The molecule has 0 aliphatic carbocycles. The number of hydrogen-bond donors (Lipinski definition) is 0. The molecule has 2 aromatic rings. The molecule has 0 N–H and O–H groups in total. The average Bonchev–Trinajstić information content (AvgIpc) is 2.62. The molecule has 0 radical (unpaired) electrons. The maximum absolute atomic E-state index is 6.26. The molecule has 1 aromatic heterocycles. The lowest BCUT2D eigenvalue weighted by atomic mass is 9.86. The van der Waals surface area contributed by atoms with Crippen molar-refractivity contribution in [3.63, 3.8) is 0 Å². The van der Waals surface area contributed by atoms with Crippen LogP contribution in [0.5, 0.6) is 11.6 Å². The lowest BCUT2D eigenvalue weighted by Gasteiger charge is -2.44. The molecule has 24 heavy (non-hydrogen) atoms. The van der Waals surface area contributed by atoms with Gasteiger partial charge in [-0.2, -0.15) is 4.98 Å². The minimum atomic E-state index is 0.255. The SMILES string of the molecule is COc1ccc(-c2nc(C)cc(OC3CN4CCC3CC4)n2)cc1. The van der Waals surface area contributed by atoms with Gasteiger partial charge in [0.15, 0.2) is 5.82 Å². The minimum absolute atomic E-state index is 0.255. The molecule has 2 bridgehead atoms. The van der Waals surface area contributed by atoms with Crippen molar-refractivity contribution in [2.75, 3.05) is 26.7 Å². The molecular weight excluding hydrogens is 302 g/mol. The van der Waals surface area contributed by atoms with Crippen LogP contribution in [0.4, 0.5) is 0 Å². The molecule has 0 saturated carbocycles. The number of ether oxygens (including phenoxy) is 2. The Kier molecular flexibility index (Phi) is 4.10. The summed E-state index contributed by atoms with van der Waals surface area (Å²) >= 11 is 0. The van der Waals surface area contributed by atoms with Crippen molar-refractivity contribution >= 4 is 0 Å². The number of hydrogen-bond acceptors (Lipinski definition) is 5. The molecule has 3 fully saturated rings. The Morgan fingerprint density at radius 3 is 2.46 bits per heavy atom. The lowest BCUT2D eigenvalue weighted by Crippen LogP contribution is -2.52. The van der Waals surface area contributed by atoms with Gasteiger partial charge in [-0.1, -0.05) is 0 Å². The minimum Gasteiger partial charge on any atom is -0.497 e. The molecule has 5 heteroatoms. The van der Waals surface area contributed by atoms with E-state index in [0.717, 1.165) is 23.6 Å². The number of piperidine rings is 3. The molecular formula is C19H23N3O2. The molecule has 5 rings (SSSR count). The van der Waals surface area contributed by atoms with E-state index in [9.17, 15) is 0 Å². The predicted octanol–water partition coefficient (Wildman–Crippen LogP) is 2.93. The van der Waals surface area contributed by atoms with Gasteiger partial charge in [-0.15, -0.1) is 0 Å². The van der Waals surface area contributed by atoms with Gasteiger partial charge in [0.1, 0.15) is 11.9 Å². The van der Waals surface area contributed by atoms with Gasteiger partial charge in [0.2, 0.25) is 5.88 Å². The van der Waals surface area contributed by atoms with Crippen LogP contribution in [0.1, 0.15) is 18.5 Å². The van der Waals surface area contributed by atoms with Crippen molar-refractivity contribution in [3.05, 3.63) is 36.0 Å². The number of nitrogens with zero attached hydrogens (tertiary/aromatic N) is 3. The summed E-state index contributed by atoms with van der Waals surface area (Å²) in [6.07, 6.45) is 2.73. The first-order chi connectivity index (χ1) is 11.7. The second kappa shape index (κ2) is 6.40. The summed E-state index contributed by atoms with van der Waals surface area (Å²) in [7, 11) is 1.66. The molecule has 3 aliphatic rings. The van der Waals surface area contributed by atoms with Gasteiger partial charge >= 0.3 is 0 Å². The highest BCUT2D eigenvalue weighted by Gasteiger charge is 2.35. The summed E-state index contributed by atoms with van der Waals surface area (Å²) < 4.78 is 11.5. The van der Waals surface area contributed by atoms with Crippen LogP contribution < -0.4 is 9.47 Å². The monoisotopic (exact) mass is 325 g/mol. The summed E-state index contributed by atoms with van der Waals surface area (Å²) in [5.74, 6) is 2.88. The number of aryl methyl sites for hydroxylation is 1. The Balaban J connectivity index is 1.56. The van der Waals surface area contributed by atoms with E-state index in [0.29, 0.717) is 17.6 Å².